The van der Waals surface area contributed by atoms with E-state index in [0.29, 0.717) is 11.6 Å². The molecule has 2 fully saturated rings. The number of aliphatic hydroxyl groups is 1. The number of β-amino-alcohol motifs (C(OH)–C–C–N with tert-alkyl or cyclic N) is 1. The molecule has 0 aliphatic carbocycles. The zero-order valence-corrected chi connectivity index (χ0v) is 14.4. The van der Waals surface area contributed by atoms with Crippen LogP contribution in [-0.4, -0.2) is 66.4 Å². The van der Waals surface area contributed by atoms with Gasteiger partial charge in [0.15, 0.2) is 0 Å². The summed E-state index contributed by atoms with van der Waals surface area (Å²) in [7, 11) is 0. The molecule has 0 spiro atoms. The van der Waals surface area contributed by atoms with Gasteiger partial charge in [-0.2, -0.15) is 0 Å². The third kappa shape index (κ3) is 5.08. The maximum Gasteiger partial charge on any atom is 0.127 e. The van der Waals surface area contributed by atoms with Gasteiger partial charge in [-0.1, -0.05) is 18.0 Å². The number of ether oxygens (including phenoxy) is 1. The Balaban J connectivity index is 1.42. The number of benzene rings is 1. The molecule has 23 heavy (non-hydrogen) atoms. The van der Waals surface area contributed by atoms with Gasteiger partial charge in [0.05, 0.1) is 0 Å². The Labute approximate surface area is 144 Å². The van der Waals surface area contributed by atoms with Crippen LogP contribution in [0.5, 0.6) is 5.75 Å². The van der Waals surface area contributed by atoms with Gasteiger partial charge in [0.1, 0.15) is 18.0 Å². The van der Waals surface area contributed by atoms with E-state index in [-0.39, 0.29) is 6.10 Å². The lowest BCUT2D eigenvalue weighted by Gasteiger charge is -2.37. The molecule has 1 aromatic carbocycles. The molecule has 0 saturated carbocycles. The van der Waals surface area contributed by atoms with E-state index in [4.69, 9.17) is 16.3 Å². The predicted molar refractivity (Wildman–Crippen MR) is 93.2 cm³/mol. The molecule has 2 saturated heterocycles. The number of hydrogen-bond donors (Lipinski definition) is 1. The molecular weight excluding hydrogens is 312 g/mol. The zero-order chi connectivity index (χ0) is 16.1. The summed E-state index contributed by atoms with van der Waals surface area (Å²) in [5.41, 5.74) is 0. The Kier molecular flexibility index (Phi) is 6.17. The number of aliphatic hydroxyl groups excluding tert-OH is 1. The van der Waals surface area contributed by atoms with E-state index in [1.165, 1.54) is 32.4 Å². The highest BCUT2D eigenvalue weighted by molar-refractivity contribution is 6.30. The summed E-state index contributed by atoms with van der Waals surface area (Å²) in [5.74, 6) is 0.778. The summed E-state index contributed by atoms with van der Waals surface area (Å²) in [6.07, 6.45) is 4.36. The molecule has 0 amide bonds. The summed E-state index contributed by atoms with van der Waals surface area (Å²) >= 11 is 5.89. The highest BCUT2D eigenvalue weighted by Gasteiger charge is 2.29. The second kappa shape index (κ2) is 8.34. The van der Waals surface area contributed by atoms with E-state index in [9.17, 15) is 5.11 Å². The van der Waals surface area contributed by atoms with Crippen LogP contribution in [0.2, 0.25) is 5.02 Å². The average Bonchev–Trinajstić information content (AvgIpc) is 2.58. The van der Waals surface area contributed by atoms with Crippen molar-refractivity contribution < 1.29 is 9.84 Å². The first-order valence-electron chi connectivity index (χ1n) is 8.76. The summed E-state index contributed by atoms with van der Waals surface area (Å²) in [6.45, 7) is 6.33. The van der Waals surface area contributed by atoms with Crippen molar-refractivity contribution in [2.75, 3.05) is 39.3 Å². The molecule has 5 heteroatoms. The van der Waals surface area contributed by atoms with Crippen LogP contribution in [0.25, 0.3) is 0 Å². The van der Waals surface area contributed by atoms with Crippen molar-refractivity contribution in [3.8, 4) is 5.75 Å². The maximum absolute atomic E-state index is 10.4. The number of halogens is 1. The van der Waals surface area contributed by atoms with Crippen molar-refractivity contribution in [1.29, 1.82) is 0 Å². The maximum atomic E-state index is 10.4. The van der Waals surface area contributed by atoms with Crippen LogP contribution >= 0.6 is 11.6 Å². The van der Waals surface area contributed by atoms with Crippen molar-refractivity contribution in [1.82, 2.24) is 9.80 Å². The Morgan fingerprint density at radius 2 is 1.70 bits per heavy atom. The summed E-state index contributed by atoms with van der Waals surface area (Å²) in [6, 6.07) is 7.35. The van der Waals surface area contributed by atoms with Crippen LogP contribution in [0.15, 0.2) is 24.3 Å². The fourth-order valence-electron chi connectivity index (χ4n) is 3.47. The van der Waals surface area contributed by atoms with E-state index >= 15 is 0 Å². The second-order valence-corrected chi connectivity index (χ2v) is 7.11. The van der Waals surface area contributed by atoms with E-state index in [1.54, 1.807) is 0 Å². The largest absolute Gasteiger partial charge is 0.488 e. The fraction of sp³-hybridized carbons (Fsp3) is 0.667. The number of rotatable bonds is 5. The second-order valence-electron chi connectivity index (χ2n) is 6.67. The molecule has 0 aromatic heterocycles. The lowest BCUT2D eigenvalue weighted by Crippen LogP contribution is -2.50. The minimum absolute atomic E-state index is 0.123. The lowest BCUT2D eigenvalue weighted by molar-refractivity contribution is -0.0272. The topological polar surface area (TPSA) is 35.9 Å². The molecular formula is C18H27ClN2O2. The van der Waals surface area contributed by atoms with Crippen molar-refractivity contribution in [3.63, 3.8) is 0 Å². The monoisotopic (exact) mass is 338 g/mol. The highest BCUT2D eigenvalue weighted by atomic mass is 35.5. The number of piperidine rings is 2. The van der Waals surface area contributed by atoms with Crippen LogP contribution in [-0.2, 0) is 0 Å². The normalized spacial score (nSPS) is 27.0. The molecule has 3 rings (SSSR count). The molecule has 0 unspecified atom stereocenters. The van der Waals surface area contributed by atoms with E-state index in [1.807, 2.05) is 24.3 Å². The average molecular weight is 339 g/mol. The van der Waals surface area contributed by atoms with Gasteiger partial charge in [0.2, 0.25) is 0 Å². The fourth-order valence-corrected chi connectivity index (χ4v) is 3.60. The Morgan fingerprint density at radius 1 is 1.00 bits per heavy atom. The first kappa shape index (κ1) is 17.0. The van der Waals surface area contributed by atoms with Gasteiger partial charge in [-0.25, -0.2) is 0 Å². The minimum atomic E-state index is -0.430. The van der Waals surface area contributed by atoms with Gasteiger partial charge in [-0.05, 0) is 56.6 Å². The lowest BCUT2D eigenvalue weighted by atomic mass is 10.0. The van der Waals surface area contributed by atoms with E-state index in [2.05, 4.69) is 9.80 Å². The first-order chi connectivity index (χ1) is 11.2. The van der Waals surface area contributed by atoms with Crippen LogP contribution in [0.4, 0.5) is 0 Å². The van der Waals surface area contributed by atoms with Crippen molar-refractivity contribution in [2.24, 2.45) is 0 Å². The number of hydrogen-bond acceptors (Lipinski definition) is 4. The Morgan fingerprint density at radius 3 is 2.39 bits per heavy atom. The van der Waals surface area contributed by atoms with Gasteiger partial charge in [-0.15, -0.1) is 0 Å². The third-order valence-corrected chi connectivity index (χ3v) is 5.14. The molecule has 2 heterocycles. The molecule has 4 nitrogen and oxygen atoms in total. The van der Waals surface area contributed by atoms with Crippen molar-refractivity contribution in [3.05, 3.63) is 29.3 Å². The quantitative estimate of drug-likeness (QED) is 0.895. The predicted octanol–water partition coefficient (Wildman–Crippen LogP) is 2.64. The molecule has 2 aliphatic heterocycles. The summed E-state index contributed by atoms with van der Waals surface area (Å²) < 4.78 is 5.92. The van der Waals surface area contributed by atoms with Gasteiger partial charge < -0.3 is 14.7 Å². The van der Waals surface area contributed by atoms with Crippen LogP contribution in [0.1, 0.15) is 25.7 Å². The van der Waals surface area contributed by atoms with Crippen molar-refractivity contribution >= 4 is 11.6 Å². The highest BCUT2D eigenvalue weighted by Crippen LogP contribution is 2.21. The number of likely N-dealkylation sites (tertiary alicyclic amines) is 2. The minimum Gasteiger partial charge on any atom is -0.488 e. The molecule has 1 aromatic rings. The Bertz CT molecular complexity index is 476. The molecule has 128 valence electrons. The van der Waals surface area contributed by atoms with Gasteiger partial charge >= 0.3 is 0 Å². The van der Waals surface area contributed by atoms with E-state index in [0.717, 1.165) is 31.8 Å². The van der Waals surface area contributed by atoms with Crippen LogP contribution in [0.3, 0.4) is 0 Å². The third-order valence-electron chi connectivity index (χ3n) is 4.89. The van der Waals surface area contributed by atoms with Crippen molar-refractivity contribution in [2.45, 2.75) is 37.9 Å². The first-order valence-corrected chi connectivity index (χ1v) is 9.13. The smallest absolute Gasteiger partial charge is 0.127 e. The Hall–Kier alpha value is -0.810. The van der Waals surface area contributed by atoms with Gasteiger partial charge in [0.25, 0.3) is 0 Å². The molecule has 0 bridgehead atoms. The van der Waals surface area contributed by atoms with Crippen LogP contribution in [0, 0.1) is 0 Å². The molecule has 2 aliphatic rings. The molecule has 2 atom stereocenters. The summed E-state index contributed by atoms with van der Waals surface area (Å²) in [4.78, 5) is 4.91. The van der Waals surface area contributed by atoms with Gasteiger partial charge in [-0.3, -0.25) is 4.90 Å². The molecule has 1 N–H and O–H groups in total. The van der Waals surface area contributed by atoms with E-state index < -0.39 is 6.10 Å². The summed E-state index contributed by atoms with van der Waals surface area (Å²) in [5, 5.41) is 11.1. The van der Waals surface area contributed by atoms with Crippen LogP contribution < -0.4 is 4.74 Å². The molecule has 0 radical (unpaired) electrons. The SMILES string of the molecule is O[C@@H]1CN(CCN2CCCCC2)CC[C@H]1Oc1ccc(Cl)cc1. The zero-order valence-electron chi connectivity index (χ0n) is 13.7. The number of nitrogens with zero attached hydrogens (tertiary/aromatic N) is 2. The van der Waals surface area contributed by atoms with Gasteiger partial charge in [0, 0.05) is 31.2 Å². The standard InChI is InChI=1S/C18H27ClN2O2/c19-15-4-6-16(7-5-15)23-18-8-11-21(14-17(18)22)13-12-20-9-2-1-3-10-20/h4-7,17-18,22H,1-3,8-14H2/t17-,18-/m1/s1.